The minimum atomic E-state index is -1.41. The molecule has 1 aliphatic carbocycles. The molecule has 1 spiro atoms. The first kappa shape index (κ1) is 12.4. The van der Waals surface area contributed by atoms with Gasteiger partial charge in [-0.15, -0.1) is 0 Å². The SMILES string of the molecule is CC[C@@]1(C)[C@]2(C#N)C(N)=N[C@@]3(OC[C@H](C)O3)[C@]12C#N. The zero-order valence-corrected chi connectivity index (χ0v) is 11.2. The van der Waals surface area contributed by atoms with Gasteiger partial charge in [-0.3, -0.25) is 0 Å². The molecule has 0 radical (unpaired) electrons. The lowest BCUT2D eigenvalue weighted by molar-refractivity contribution is -0.199. The molecular formula is C13H16N4O2. The number of hydrogen-bond acceptors (Lipinski definition) is 6. The van der Waals surface area contributed by atoms with Gasteiger partial charge in [0.15, 0.2) is 5.41 Å². The second kappa shape index (κ2) is 3.09. The van der Waals surface area contributed by atoms with Gasteiger partial charge < -0.3 is 15.2 Å². The summed E-state index contributed by atoms with van der Waals surface area (Å²) in [4.78, 5) is 4.24. The second-order valence-electron chi connectivity index (χ2n) is 5.73. The molecule has 2 N–H and O–H groups in total. The Bertz CT molecular complexity index is 576. The number of ether oxygens (including phenoxy) is 2. The molecule has 6 heteroatoms. The molecule has 1 saturated carbocycles. The Morgan fingerprint density at radius 1 is 1.47 bits per heavy atom. The van der Waals surface area contributed by atoms with Gasteiger partial charge in [0.1, 0.15) is 11.3 Å². The van der Waals surface area contributed by atoms with E-state index in [2.05, 4.69) is 17.1 Å². The van der Waals surface area contributed by atoms with Crippen LogP contribution in [0.5, 0.6) is 0 Å². The normalized spacial score (nSPS) is 54.4. The van der Waals surface area contributed by atoms with Crippen molar-refractivity contribution >= 4 is 5.84 Å². The molecule has 2 heterocycles. The van der Waals surface area contributed by atoms with Gasteiger partial charge in [-0.1, -0.05) is 13.8 Å². The standard InChI is InChI=1S/C13H16N4O2/c1-4-10(3)11(6-14)9(16)17-13(12(10,11)7-15)18-5-8(2)19-13/h8H,4-5H2,1-3H3,(H2,16,17)/t8-,10-,11-,12+,13+/m0/s1. The van der Waals surface area contributed by atoms with Crippen LogP contribution < -0.4 is 5.73 Å². The zero-order chi connectivity index (χ0) is 14.1. The van der Waals surface area contributed by atoms with Crippen LogP contribution in [0.3, 0.4) is 0 Å². The summed E-state index contributed by atoms with van der Waals surface area (Å²) < 4.78 is 11.5. The van der Waals surface area contributed by atoms with Crippen molar-refractivity contribution in [3.8, 4) is 12.1 Å². The van der Waals surface area contributed by atoms with Crippen LogP contribution in [0.25, 0.3) is 0 Å². The third kappa shape index (κ3) is 0.842. The Morgan fingerprint density at radius 3 is 2.53 bits per heavy atom. The Kier molecular flexibility index (Phi) is 2.02. The summed E-state index contributed by atoms with van der Waals surface area (Å²) in [5, 5.41) is 19.4. The van der Waals surface area contributed by atoms with E-state index < -0.39 is 22.2 Å². The third-order valence-electron chi connectivity index (χ3n) is 5.20. The van der Waals surface area contributed by atoms with E-state index >= 15 is 0 Å². The summed E-state index contributed by atoms with van der Waals surface area (Å²) in [6.45, 7) is 6.03. The fourth-order valence-corrected chi connectivity index (χ4v) is 4.07. The smallest absolute Gasteiger partial charge is 0.293 e. The second-order valence-corrected chi connectivity index (χ2v) is 5.73. The molecule has 0 aromatic heterocycles. The highest BCUT2D eigenvalue weighted by molar-refractivity contribution is 6.00. The molecule has 5 atom stereocenters. The molecule has 0 amide bonds. The molecule has 3 rings (SSSR count). The highest BCUT2D eigenvalue weighted by Crippen LogP contribution is 2.86. The third-order valence-corrected chi connectivity index (χ3v) is 5.20. The molecule has 6 nitrogen and oxygen atoms in total. The van der Waals surface area contributed by atoms with E-state index in [0.717, 1.165) is 0 Å². The lowest BCUT2D eigenvalue weighted by atomic mass is 9.89. The van der Waals surface area contributed by atoms with Crippen LogP contribution in [-0.2, 0) is 9.47 Å². The molecule has 19 heavy (non-hydrogen) atoms. The number of hydrogen-bond donors (Lipinski definition) is 1. The van der Waals surface area contributed by atoms with Crippen LogP contribution in [0.2, 0.25) is 0 Å². The van der Waals surface area contributed by atoms with Crippen LogP contribution in [0.4, 0.5) is 0 Å². The van der Waals surface area contributed by atoms with Crippen LogP contribution in [0.1, 0.15) is 27.2 Å². The lowest BCUT2D eigenvalue weighted by Gasteiger charge is -2.29. The number of nitriles is 2. The molecular weight excluding hydrogens is 244 g/mol. The highest BCUT2D eigenvalue weighted by atomic mass is 16.8. The van der Waals surface area contributed by atoms with Gasteiger partial charge in [0.2, 0.25) is 0 Å². The van der Waals surface area contributed by atoms with Gasteiger partial charge >= 0.3 is 0 Å². The van der Waals surface area contributed by atoms with E-state index in [1.807, 2.05) is 20.8 Å². The molecule has 0 aromatic rings. The number of nitrogens with two attached hydrogens (primary N) is 1. The van der Waals surface area contributed by atoms with E-state index in [-0.39, 0.29) is 11.9 Å². The summed E-state index contributed by atoms with van der Waals surface area (Å²) in [5.74, 6) is -1.25. The van der Waals surface area contributed by atoms with Gasteiger partial charge in [0.05, 0.1) is 24.8 Å². The summed E-state index contributed by atoms with van der Waals surface area (Å²) in [6, 6.07) is 4.49. The van der Waals surface area contributed by atoms with Crippen molar-refractivity contribution < 1.29 is 9.47 Å². The summed E-state index contributed by atoms with van der Waals surface area (Å²) in [6.07, 6.45) is 0.464. The van der Waals surface area contributed by atoms with E-state index in [1.165, 1.54) is 0 Å². The number of nitrogens with zero attached hydrogens (tertiary/aromatic N) is 3. The topological polar surface area (TPSA) is 104 Å². The summed E-state index contributed by atoms with van der Waals surface area (Å²) in [5.41, 5.74) is 3.14. The number of rotatable bonds is 1. The molecule has 1 saturated heterocycles. The maximum absolute atomic E-state index is 9.77. The van der Waals surface area contributed by atoms with Gasteiger partial charge in [0.25, 0.3) is 5.91 Å². The number of aliphatic imine (C=N–C) groups is 1. The predicted molar refractivity (Wildman–Crippen MR) is 65.3 cm³/mol. The number of amidine groups is 1. The van der Waals surface area contributed by atoms with Crippen LogP contribution >= 0.6 is 0 Å². The molecule has 100 valence electrons. The molecule has 3 aliphatic rings. The van der Waals surface area contributed by atoms with Gasteiger partial charge in [0, 0.05) is 5.41 Å². The maximum Gasteiger partial charge on any atom is 0.293 e. The van der Waals surface area contributed by atoms with Crippen molar-refractivity contribution in [2.75, 3.05) is 6.61 Å². The van der Waals surface area contributed by atoms with E-state index in [9.17, 15) is 10.5 Å². The van der Waals surface area contributed by atoms with Crippen LogP contribution in [-0.4, -0.2) is 24.5 Å². The Morgan fingerprint density at radius 2 is 2.16 bits per heavy atom. The minimum absolute atomic E-state index is 0.162. The molecule has 0 bridgehead atoms. The van der Waals surface area contributed by atoms with E-state index in [0.29, 0.717) is 13.0 Å². The van der Waals surface area contributed by atoms with Gasteiger partial charge in [-0.2, -0.15) is 10.5 Å². The molecule has 0 aromatic carbocycles. The van der Waals surface area contributed by atoms with Crippen molar-refractivity contribution in [2.24, 2.45) is 27.0 Å². The molecule has 2 aliphatic heterocycles. The molecule has 2 fully saturated rings. The fourth-order valence-electron chi connectivity index (χ4n) is 4.07. The van der Waals surface area contributed by atoms with Crippen LogP contribution in [0, 0.1) is 38.9 Å². The first-order valence-corrected chi connectivity index (χ1v) is 6.41. The summed E-state index contributed by atoms with van der Waals surface area (Å²) in [7, 11) is 0. The average molecular weight is 260 g/mol. The Labute approximate surface area is 111 Å². The van der Waals surface area contributed by atoms with E-state index in [1.54, 1.807) is 0 Å². The van der Waals surface area contributed by atoms with Crippen molar-refractivity contribution in [1.82, 2.24) is 0 Å². The fraction of sp³-hybridized carbons (Fsp3) is 0.769. The average Bonchev–Trinajstić information content (AvgIpc) is 2.57. The van der Waals surface area contributed by atoms with Crippen molar-refractivity contribution in [3.63, 3.8) is 0 Å². The summed E-state index contributed by atoms with van der Waals surface area (Å²) >= 11 is 0. The predicted octanol–water partition coefficient (Wildman–Crippen LogP) is 0.896. The van der Waals surface area contributed by atoms with Gasteiger partial charge in [-0.05, 0) is 13.3 Å². The minimum Gasteiger partial charge on any atom is -0.386 e. The number of fused-ring (bicyclic) bond motifs is 2. The van der Waals surface area contributed by atoms with Crippen LogP contribution in [0.15, 0.2) is 4.99 Å². The lowest BCUT2D eigenvalue weighted by Crippen LogP contribution is -2.41. The maximum atomic E-state index is 9.77. The van der Waals surface area contributed by atoms with Crippen molar-refractivity contribution in [3.05, 3.63) is 0 Å². The largest absolute Gasteiger partial charge is 0.386 e. The Hall–Kier alpha value is -1.63. The first-order valence-electron chi connectivity index (χ1n) is 6.41. The van der Waals surface area contributed by atoms with E-state index in [4.69, 9.17) is 15.2 Å². The first-order chi connectivity index (χ1) is 8.91. The monoisotopic (exact) mass is 260 g/mol. The highest BCUT2D eigenvalue weighted by Gasteiger charge is 2.99. The molecule has 0 unspecified atom stereocenters. The quantitative estimate of drug-likeness (QED) is 0.754. The zero-order valence-electron chi connectivity index (χ0n) is 11.2. The van der Waals surface area contributed by atoms with Crippen molar-refractivity contribution in [1.29, 1.82) is 10.5 Å². The Balaban J connectivity index is 2.25. The van der Waals surface area contributed by atoms with Crippen molar-refractivity contribution in [2.45, 2.75) is 39.2 Å². The van der Waals surface area contributed by atoms with Gasteiger partial charge in [-0.25, -0.2) is 4.99 Å².